The van der Waals surface area contributed by atoms with Crippen LogP contribution in [0.25, 0.3) is 0 Å². The van der Waals surface area contributed by atoms with E-state index < -0.39 is 5.92 Å². The van der Waals surface area contributed by atoms with Crippen LogP contribution in [0.15, 0.2) is 24.4 Å². The molecule has 0 bridgehead atoms. The zero-order valence-electron chi connectivity index (χ0n) is 14.1. The molecule has 0 fully saturated rings. The van der Waals surface area contributed by atoms with E-state index in [1.54, 1.807) is 15.8 Å². The fourth-order valence-electron chi connectivity index (χ4n) is 3.05. The van der Waals surface area contributed by atoms with Gasteiger partial charge in [0, 0.05) is 33.3 Å². The van der Waals surface area contributed by atoms with E-state index in [4.69, 9.17) is 0 Å². The van der Waals surface area contributed by atoms with Gasteiger partial charge in [-0.3, -0.25) is 19.3 Å². The Kier molecular flexibility index (Phi) is 4.33. The normalized spacial score (nSPS) is 16.6. The molecule has 0 aromatic carbocycles. The number of hydrogen-bond donors (Lipinski definition) is 1. The molecule has 2 aromatic rings. The van der Waals surface area contributed by atoms with Crippen LogP contribution in [0.5, 0.6) is 0 Å². The molecule has 3 heterocycles. The molecule has 0 aliphatic carbocycles. The molecule has 7 nitrogen and oxygen atoms in total. The van der Waals surface area contributed by atoms with Gasteiger partial charge in [0.15, 0.2) is 0 Å². The van der Waals surface area contributed by atoms with Crippen LogP contribution in [-0.4, -0.2) is 38.0 Å². The first-order valence-corrected chi connectivity index (χ1v) is 7.92. The molecule has 0 saturated heterocycles. The van der Waals surface area contributed by atoms with Crippen molar-refractivity contribution in [1.82, 2.24) is 25.0 Å². The number of carbonyl (C=O) groups excluding carboxylic acids is 2. The maximum Gasteiger partial charge on any atom is 0.231 e. The molecule has 24 heavy (non-hydrogen) atoms. The smallest absolute Gasteiger partial charge is 0.231 e. The molecule has 1 unspecified atom stereocenters. The van der Waals surface area contributed by atoms with Crippen LogP contribution in [0.2, 0.25) is 0 Å². The second kappa shape index (κ2) is 6.43. The Morgan fingerprint density at radius 1 is 1.42 bits per heavy atom. The van der Waals surface area contributed by atoms with Crippen LogP contribution < -0.4 is 5.32 Å². The summed E-state index contributed by atoms with van der Waals surface area (Å²) in [6.07, 6.45) is 1.69. The maximum atomic E-state index is 12.7. The molecule has 2 amide bonds. The average molecular weight is 327 g/mol. The second-order valence-electron chi connectivity index (χ2n) is 6.12. The highest BCUT2D eigenvalue weighted by Gasteiger charge is 2.32. The summed E-state index contributed by atoms with van der Waals surface area (Å²) in [7, 11) is 1.85. The molecule has 126 valence electrons. The number of aromatic nitrogens is 3. The first-order valence-electron chi connectivity index (χ1n) is 7.92. The molecule has 7 heteroatoms. The van der Waals surface area contributed by atoms with Gasteiger partial charge in [0.1, 0.15) is 0 Å². The Morgan fingerprint density at radius 3 is 2.88 bits per heavy atom. The van der Waals surface area contributed by atoms with Gasteiger partial charge in [0.2, 0.25) is 11.8 Å². The number of rotatable bonds is 3. The lowest BCUT2D eigenvalue weighted by Crippen LogP contribution is -2.43. The van der Waals surface area contributed by atoms with Gasteiger partial charge >= 0.3 is 0 Å². The number of pyridine rings is 1. The lowest BCUT2D eigenvalue weighted by atomic mass is 9.94. The molecule has 1 N–H and O–H groups in total. The topological polar surface area (TPSA) is 80.1 Å². The van der Waals surface area contributed by atoms with Crippen LogP contribution in [0.3, 0.4) is 0 Å². The molecular weight excluding hydrogens is 306 g/mol. The first-order chi connectivity index (χ1) is 11.5. The van der Waals surface area contributed by atoms with Crippen LogP contribution in [0.1, 0.15) is 35.5 Å². The number of amides is 2. The summed E-state index contributed by atoms with van der Waals surface area (Å²) in [6.45, 7) is 4.69. The minimum Gasteiger partial charge on any atom is -0.350 e. The van der Waals surface area contributed by atoms with Gasteiger partial charge < -0.3 is 10.2 Å². The first kappa shape index (κ1) is 16.2. The van der Waals surface area contributed by atoms with Crippen molar-refractivity contribution in [3.63, 3.8) is 0 Å². The highest BCUT2D eigenvalue weighted by Crippen LogP contribution is 2.26. The number of hydrogen-bond acceptors (Lipinski definition) is 4. The van der Waals surface area contributed by atoms with Crippen LogP contribution in [0, 0.1) is 6.92 Å². The quantitative estimate of drug-likeness (QED) is 0.908. The molecule has 0 radical (unpaired) electrons. The van der Waals surface area contributed by atoms with Gasteiger partial charge in [-0.2, -0.15) is 5.10 Å². The number of fused-ring (bicyclic) bond motifs is 1. The van der Waals surface area contributed by atoms with Crippen molar-refractivity contribution in [3.05, 3.63) is 47.0 Å². The summed E-state index contributed by atoms with van der Waals surface area (Å²) in [5.41, 5.74) is 3.53. The molecule has 1 aliphatic heterocycles. The SMILES string of the molecule is CC(=O)N1Cc2cccnc2C(C(=O)NCc2cc(C)nn2C)C1. The van der Waals surface area contributed by atoms with E-state index in [0.717, 1.165) is 22.6 Å². The number of nitrogens with one attached hydrogen (secondary N) is 1. The van der Waals surface area contributed by atoms with Crippen molar-refractivity contribution in [2.75, 3.05) is 6.54 Å². The molecule has 0 saturated carbocycles. The standard InChI is InChI=1S/C17H21N5O2/c1-11-7-14(21(3)20-11)8-19-17(24)15-10-22(12(2)23)9-13-5-4-6-18-16(13)15/h4-7,15H,8-10H2,1-3H3,(H,19,24). The predicted molar refractivity (Wildman–Crippen MR) is 87.9 cm³/mol. The molecule has 3 rings (SSSR count). The minimum absolute atomic E-state index is 0.0374. The van der Waals surface area contributed by atoms with E-state index in [0.29, 0.717) is 19.6 Å². The Balaban J connectivity index is 1.78. The van der Waals surface area contributed by atoms with Gasteiger partial charge in [0.25, 0.3) is 0 Å². The van der Waals surface area contributed by atoms with Gasteiger partial charge in [-0.05, 0) is 24.6 Å². The highest BCUT2D eigenvalue weighted by molar-refractivity contribution is 5.85. The maximum absolute atomic E-state index is 12.7. The third kappa shape index (κ3) is 3.15. The van der Waals surface area contributed by atoms with E-state index in [9.17, 15) is 9.59 Å². The van der Waals surface area contributed by atoms with Crippen molar-refractivity contribution < 1.29 is 9.59 Å². The van der Waals surface area contributed by atoms with Crippen molar-refractivity contribution in [1.29, 1.82) is 0 Å². The summed E-state index contributed by atoms with van der Waals surface area (Å²) in [6, 6.07) is 5.69. The fourth-order valence-corrected chi connectivity index (χ4v) is 3.05. The number of aryl methyl sites for hydroxylation is 2. The van der Waals surface area contributed by atoms with E-state index >= 15 is 0 Å². The Hall–Kier alpha value is -2.70. The lowest BCUT2D eigenvalue weighted by molar-refractivity contribution is -0.131. The molecule has 1 aliphatic rings. The zero-order valence-corrected chi connectivity index (χ0v) is 14.1. The van der Waals surface area contributed by atoms with Crippen LogP contribution in [0.4, 0.5) is 0 Å². The Morgan fingerprint density at radius 2 is 2.21 bits per heavy atom. The summed E-state index contributed by atoms with van der Waals surface area (Å²) in [5.74, 6) is -0.613. The minimum atomic E-state index is -0.451. The third-order valence-corrected chi connectivity index (χ3v) is 4.32. The molecule has 0 spiro atoms. The van der Waals surface area contributed by atoms with Crippen molar-refractivity contribution >= 4 is 11.8 Å². The molecule has 2 aromatic heterocycles. The predicted octanol–water partition coefficient (Wildman–Crippen LogP) is 0.886. The third-order valence-electron chi connectivity index (χ3n) is 4.32. The number of nitrogens with zero attached hydrogens (tertiary/aromatic N) is 4. The largest absolute Gasteiger partial charge is 0.350 e. The monoisotopic (exact) mass is 327 g/mol. The summed E-state index contributed by atoms with van der Waals surface area (Å²) in [4.78, 5) is 30.5. The van der Waals surface area contributed by atoms with Gasteiger partial charge in [-0.15, -0.1) is 0 Å². The van der Waals surface area contributed by atoms with E-state index in [-0.39, 0.29) is 11.8 Å². The summed E-state index contributed by atoms with van der Waals surface area (Å²) in [5, 5.41) is 7.22. The molecule has 1 atom stereocenters. The average Bonchev–Trinajstić information content (AvgIpc) is 2.89. The van der Waals surface area contributed by atoms with Gasteiger partial charge in [0.05, 0.1) is 29.5 Å². The second-order valence-corrected chi connectivity index (χ2v) is 6.12. The highest BCUT2D eigenvalue weighted by atomic mass is 16.2. The fraction of sp³-hybridized carbons (Fsp3) is 0.412. The Labute approximate surface area is 140 Å². The van der Waals surface area contributed by atoms with Crippen molar-refractivity contribution in [3.8, 4) is 0 Å². The van der Waals surface area contributed by atoms with Crippen molar-refractivity contribution in [2.45, 2.75) is 32.9 Å². The van der Waals surface area contributed by atoms with Crippen LogP contribution >= 0.6 is 0 Å². The summed E-state index contributed by atoms with van der Waals surface area (Å²) >= 11 is 0. The Bertz CT molecular complexity index is 783. The van der Waals surface area contributed by atoms with Gasteiger partial charge in [-0.1, -0.05) is 6.07 Å². The number of carbonyl (C=O) groups is 2. The lowest BCUT2D eigenvalue weighted by Gasteiger charge is -2.32. The van der Waals surface area contributed by atoms with Crippen LogP contribution in [-0.2, 0) is 29.7 Å². The van der Waals surface area contributed by atoms with E-state index in [1.165, 1.54) is 6.92 Å². The van der Waals surface area contributed by atoms with E-state index in [2.05, 4.69) is 15.4 Å². The zero-order chi connectivity index (χ0) is 17.3. The van der Waals surface area contributed by atoms with Gasteiger partial charge in [-0.25, -0.2) is 0 Å². The van der Waals surface area contributed by atoms with Crippen molar-refractivity contribution in [2.24, 2.45) is 7.05 Å². The van der Waals surface area contributed by atoms with E-state index in [1.807, 2.05) is 32.2 Å². The molecular formula is C17H21N5O2. The summed E-state index contributed by atoms with van der Waals surface area (Å²) < 4.78 is 1.75.